The van der Waals surface area contributed by atoms with E-state index >= 15 is 0 Å². The lowest BCUT2D eigenvalue weighted by molar-refractivity contribution is 0.191. The number of allylic oxidation sites excluding steroid dienone is 1. The standard InChI is InChI=1S/C31H38F4O2/c1-3-4-5-18-36-26-16-14-25(28(32)30(26)34)23-12-8-21(9-13-23)19-37-27-17-15-24(29(33)31(27)35)22-10-6-20(2)7-11-22/h3,14-17,20-23H,1,4-13,18-19H2,2H3. The fraction of sp³-hybridized carbons (Fsp3) is 0.548. The summed E-state index contributed by atoms with van der Waals surface area (Å²) in [6.45, 7) is 6.41. The van der Waals surface area contributed by atoms with E-state index in [0.717, 1.165) is 44.9 Å². The maximum atomic E-state index is 14.8. The molecule has 0 radical (unpaired) electrons. The van der Waals surface area contributed by atoms with Crippen LogP contribution in [0, 0.1) is 35.1 Å². The minimum Gasteiger partial charge on any atom is -0.490 e. The van der Waals surface area contributed by atoms with Crippen molar-refractivity contribution in [3.63, 3.8) is 0 Å². The van der Waals surface area contributed by atoms with Crippen molar-refractivity contribution in [1.82, 2.24) is 0 Å². The molecule has 2 fully saturated rings. The van der Waals surface area contributed by atoms with E-state index in [-0.39, 0.29) is 35.9 Å². The Morgan fingerprint density at radius 2 is 1.24 bits per heavy atom. The average Bonchev–Trinajstić information content (AvgIpc) is 2.91. The molecule has 0 aliphatic heterocycles. The van der Waals surface area contributed by atoms with Gasteiger partial charge in [0.1, 0.15) is 0 Å². The molecule has 37 heavy (non-hydrogen) atoms. The highest BCUT2D eigenvalue weighted by molar-refractivity contribution is 5.34. The Morgan fingerprint density at radius 3 is 1.78 bits per heavy atom. The second-order valence-corrected chi connectivity index (χ2v) is 10.8. The topological polar surface area (TPSA) is 18.5 Å². The summed E-state index contributed by atoms with van der Waals surface area (Å²) in [5.41, 5.74) is 0.829. The summed E-state index contributed by atoms with van der Waals surface area (Å²) in [7, 11) is 0. The van der Waals surface area contributed by atoms with Gasteiger partial charge in [0.15, 0.2) is 23.1 Å². The monoisotopic (exact) mass is 518 g/mol. The van der Waals surface area contributed by atoms with Crippen LogP contribution in [-0.4, -0.2) is 13.2 Å². The third-order valence-electron chi connectivity index (χ3n) is 8.18. The molecule has 202 valence electrons. The van der Waals surface area contributed by atoms with Gasteiger partial charge >= 0.3 is 0 Å². The van der Waals surface area contributed by atoms with Crippen LogP contribution in [0.15, 0.2) is 36.9 Å². The lowest BCUT2D eigenvalue weighted by atomic mass is 9.78. The predicted octanol–water partition coefficient (Wildman–Crippen LogP) is 9.23. The van der Waals surface area contributed by atoms with E-state index in [1.165, 1.54) is 6.07 Å². The number of hydrogen-bond acceptors (Lipinski definition) is 2. The lowest BCUT2D eigenvalue weighted by Crippen LogP contribution is -2.20. The van der Waals surface area contributed by atoms with Crippen molar-refractivity contribution in [2.24, 2.45) is 11.8 Å². The summed E-state index contributed by atoms with van der Waals surface area (Å²) in [6.07, 6.45) is 9.90. The van der Waals surface area contributed by atoms with Gasteiger partial charge in [-0.3, -0.25) is 0 Å². The van der Waals surface area contributed by atoms with E-state index < -0.39 is 23.3 Å². The molecule has 2 aliphatic carbocycles. The number of rotatable bonds is 10. The zero-order valence-corrected chi connectivity index (χ0v) is 21.7. The van der Waals surface area contributed by atoms with Crippen LogP contribution < -0.4 is 9.47 Å². The summed E-state index contributed by atoms with van der Waals surface area (Å²) < 4.78 is 70.0. The van der Waals surface area contributed by atoms with E-state index in [9.17, 15) is 17.6 Å². The number of unbranched alkanes of at least 4 members (excludes halogenated alkanes) is 1. The molecule has 0 spiro atoms. The molecule has 0 bridgehead atoms. The molecule has 0 heterocycles. The number of halogens is 4. The molecule has 0 aromatic heterocycles. The third kappa shape index (κ3) is 6.69. The van der Waals surface area contributed by atoms with Crippen molar-refractivity contribution >= 4 is 0 Å². The third-order valence-corrected chi connectivity index (χ3v) is 8.18. The van der Waals surface area contributed by atoms with Gasteiger partial charge in [-0.15, -0.1) is 6.58 Å². The fourth-order valence-corrected chi connectivity index (χ4v) is 5.78. The van der Waals surface area contributed by atoms with Crippen LogP contribution in [0.2, 0.25) is 0 Å². The Morgan fingerprint density at radius 1 is 0.730 bits per heavy atom. The molecule has 2 saturated carbocycles. The van der Waals surface area contributed by atoms with Crippen LogP contribution in [0.5, 0.6) is 11.5 Å². The summed E-state index contributed by atoms with van der Waals surface area (Å²) in [5, 5.41) is 0. The Kier molecular flexibility index (Phi) is 9.55. The first-order valence-electron chi connectivity index (χ1n) is 13.7. The van der Waals surface area contributed by atoms with Crippen molar-refractivity contribution < 1.29 is 27.0 Å². The summed E-state index contributed by atoms with van der Waals surface area (Å²) in [5.74, 6) is -2.82. The second kappa shape index (κ2) is 12.8. The van der Waals surface area contributed by atoms with E-state index in [2.05, 4.69) is 13.5 Å². The SMILES string of the molecule is C=CCCCOc1ccc(C2CCC(COc3ccc(C4CCC(C)CC4)c(F)c3F)CC2)c(F)c1F. The Balaban J connectivity index is 1.29. The first-order valence-corrected chi connectivity index (χ1v) is 13.7. The molecule has 0 saturated heterocycles. The van der Waals surface area contributed by atoms with Gasteiger partial charge in [-0.05, 0) is 98.3 Å². The fourth-order valence-electron chi connectivity index (χ4n) is 5.78. The van der Waals surface area contributed by atoms with Crippen molar-refractivity contribution in [3.05, 3.63) is 71.3 Å². The largest absolute Gasteiger partial charge is 0.490 e. The van der Waals surface area contributed by atoms with Crippen molar-refractivity contribution in [2.75, 3.05) is 13.2 Å². The molecule has 2 aromatic rings. The molecule has 0 atom stereocenters. The zero-order valence-electron chi connectivity index (χ0n) is 21.7. The number of ether oxygens (including phenoxy) is 2. The second-order valence-electron chi connectivity index (χ2n) is 10.8. The smallest absolute Gasteiger partial charge is 0.200 e. The highest BCUT2D eigenvalue weighted by Gasteiger charge is 2.28. The Hall–Kier alpha value is -2.50. The van der Waals surface area contributed by atoms with E-state index in [1.54, 1.807) is 24.3 Å². The van der Waals surface area contributed by atoms with Crippen molar-refractivity contribution in [3.8, 4) is 11.5 Å². The molecule has 2 aliphatic rings. The molecule has 4 rings (SSSR count). The van der Waals surface area contributed by atoms with Crippen molar-refractivity contribution in [1.29, 1.82) is 0 Å². The molecule has 0 amide bonds. The van der Waals surface area contributed by atoms with Crippen LogP contribution >= 0.6 is 0 Å². The van der Waals surface area contributed by atoms with Crippen LogP contribution in [0.25, 0.3) is 0 Å². The maximum absolute atomic E-state index is 14.8. The highest BCUT2D eigenvalue weighted by atomic mass is 19.2. The normalized spacial score (nSPS) is 24.0. The molecule has 2 aromatic carbocycles. The maximum Gasteiger partial charge on any atom is 0.200 e. The van der Waals surface area contributed by atoms with Gasteiger partial charge in [-0.1, -0.05) is 38.0 Å². The predicted molar refractivity (Wildman–Crippen MR) is 138 cm³/mol. The molecule has 0 unspecified atom stereocenters. The molecule has 0 N–H and O–H groups in total. The number of hydrogen-bond donors (Lipinski definition) is 0. The van der Waals surface area contributed by atoms with Crippen LogP contribution in [0.4, 0.5) is 17.6 Å². The Bertz CT molecular complexity index is 1050. The van der Waals surface area contributed by atoms with Gasteiger partial charge in [0.05, 0.1) is 13.2 Å². The van der Waals surface area contributed by atoms with Crippen molar-refractivity contribution in [2.45, 2.75) is 83.0 Å². The van der Waals surface area contributed by atoms with Gasteiger partial charge in [0.25, 0.3) is 0 Å². The van der Waals surface area contributed by atoms with Crippen LogP contribution in [0.3, 0.4) is 0 Å². The van der Waals surface area contributed by atoms with E-state index in [0.29, 0.717) is 42.9 Å². The van der Waals surface area contributed by atoms with E-state index in [4.69, 9.17) is 9.47 Å². The van der Waals surface area contributed by atoms with Gasteiger partial charge in [-0.2, -0.15) is 8.78 Å². The van der Waals surface area contributed by atoms with Gasteiger partial charge in [0.2, 0.25) is 11.6 Å². The first-order chi connectivity index (χ1) is 17.9. The quantitative estimate of drug-likeness (QED) is 0.177. The Labute approximate surface area is 218 Å². The van der Waals surface area contributed by atoms with Crippen LogP contribution in [0.1, 0.15) is 94.1 Å². The summed E-state index contributed by atoms with van der Waals surface area (Å²) in [4.78, 5) is 0. The number of benzene rings is 2. The van der Waals surface area contributed by atoms with Gasteiger partial charge in [0, 0.05) is 0 Å². The minimum atomic E-state index is -0.940. The highest BCUT2D eigenvalue weighted by Crippen LogP contribution is 2.40. The lowest BCUT2D eigenvalue weighted by Gasteiger charge is -2.29. The molecular formula is C31H38F4O2. The summed E-state index contributed by atoms with van der Waals surface area (Å²) in [6, 6.07) is 6.35. The summed E-state index contributed by atoms with van der Waals surface area (Å²) >= 11 is 0. The molecule has 2 nitrogen and oxygen atoms in total. The first kappa shape index (κ1) is 27.5. The zero-order chi connectivity index (χ0) is 26.4. The van der Waals surface area contributed by atoms with Gasteiger partial charge in [-0.25, -0.2) is 8.78 Å². The van der Waals surface area contributed by atoms with Crippen LogP contribution in [-0.2, 0) is 0 Å². The molecule has 6 heteroatoms. The average molecular weight is 519 g/mol. The molecular weight excluding hydrogens is 480 g/mol. The minimum absolute atomic E-state index is 0.0515. The van der Waals surface area contributed by atoms with Gasteiger partial charge < -0.3 is 9.47 Å². The van der Waals surface area contributed by atoms with E-state index in [1.807, 2.05) is 0 Å².